The highest BCUT2D eigenvalue weighted by Gasteiger charge is 2.61. The van der Waals surface area contributed by atoms with Crippen molar-refractivity contribution in [3.63, 3.8) is 0 Å². The van der Waals surface area contributed by atoms with Gasteiger partial charge in [-0.15, -0.1) is 17.9 Å². The predicted octanol–water partition coefficient (Wildman–Crippen LogP) is 4.27. The molecule has 244 valence electrons. The molecule has 0 radical (unpaired) electrons. The first-order chi connectivity index (χ1) is 21.1. The fraction of sp³-hybridized carbons (Fsp3) is 0.548. The van der Waals surface area contributed by atoms with Crippen LogP contribution >= 0.6 is 22.9 Å². The molecule has 2 aliphatic carbocycles. The summed E-state index contributed by atoms with van der Waals surface area (Å²) in [5.74, 6) is -1.29. The number of aryl methyl sites for hydroxylation is 1. The highest BCUT2D eigenvalue weighted by molar-refractivity contribution is 7.91. The van der Waals surface area contributed by atoms with Crippen LogP contribution in [-0.2, 0) is 24.4 Å². The Morgan fingerprint density at radius 2 is 1.96 bits per heavy atom. The Morgan fingerprint density at radius 3 is 2.56 bits per heavy atom. The van der Waals surface area contributed by atoms with Gasteiger partial charge in [-0.05, 0) is 62.1 Å². The molecule has 1 aromatic heterocycles. The molecule has 5 rings (SSSR count). The molecule has 14 heteroatoms. The molecule has 2 saturated carbocycles. The lowest BCUT2D eigenvalue weighted by molar-refractivity contribution is -0.141. The van der Waals surface area contributed by atoms with E-state index in [9.17, 15) is 22.8 Å². The number of carbonyl (C=O) groups is 3. The zero-order valence-corrected chi connectivity index (χ0v) is 28.5. The monoisotopic (exact) mass is 677 g/mol. The smallest absolute Gasteiger partial charge is 0.259 e. The summed E-state index contributed by atoms with van der Waals surface area (Å²) in [4.78, 5) is 47.2. The van der Waals surface area contributed by atoms with Gasteiger partial charge >= 0.3 is 0 Å². The van der Waals surface area contributed by atoms with E-state index in [2.05, 4.69) is 21.9 Å². The van der Waals surface area contributed by atoms with Gasteiger partial charge in [0.15, 0.2) is 5.13 Å². The summed E-state index contributed by atoms with van der Waals surface area (Å²) in [5, 5.41) is 8.52. The number of halogens is 1. The Hall–Kier alpha value is -3.16. The Morgan fingerprint density at radius 1 is 1.24 bits per heavy atom. The number of methoxy groups -OCH3 is 1. The van der Waals surface area contributed by atoms with Gasteiger partial charge in [0.1, 0.15) is 23.4 Å². The van der Waals surface area contributed by atoms with Gasteiger partial charge in [-0.25, -0.2) is 13.4 Å². The molecule has 3 fully saturated rings. The maximum absolute atomic E-state index is 14.1. The molecule has 3 amide bonds. The number of nitrogens with zero attached hydrogens (tertiary/aromatic N) is 2. The van der Waals surface area contributed by atoms with E-state index in [-0.39, 0.29) is 12.3 Å². The van der Waals surface area contributed by atoms with Crippen molar-refractivity contribution >= 4 is 55.8 Å². The third kappa shape index (κ3) is 6.71. The molecule has 0 unspecified atom stereocenters. The Labute approximate surface area is 273 Å². The van der Waals surface area contributed by atoms with E-state index >= 15 is 0 Å². The van der Waals surface area contributed by atoms with Crippen molar-refractivity contribution in [2.45, 2.75) is 82.7 Å². The van der Waals surface area contributed by atoms with Crippen molar-refractivity contribution in [3.05, 3.63) is 40.8 Å². The van der Waals surface area contributed by atoms with E-state index in [0.717, 1.165) is 11.1 Å². The van der Waals surface area contributed by atoms with Crippen molar-refractivity contribution in [1.29, 1.82) is 0 Å². The average Bonchev–Trinajstić information content (AvgIpc) is 3.84. The number of nitrogens with one attached hydrogen (secondary N) is 3. The zero-order valence-electron chi connectivity index (χ0n) is 26.1. The molecule has 1 saturated heterocycles. The van der Waals surface area contributed by atoms with Crippen LogP contribution in [-0.4, -0.2) is 72.6 Å². The summed E-state index contributed by atoms with van der Waals surface area (Å²) >= 11 is 7.73. The SMILES string of the molecule is C=C[C@@H]1C[C@]1(NC(=O)[C@@H]1CCCN1C(=O)[C@@H](Nc1nc(-c2cc(Cl)c(C)cc2OC)cs1)C(C)(C)C)C(=O)NS(=O)(=O)C1CC1. The summed E-state index contributed by atoms with van der Waals surface area (Å²) < 4.78 is 32.7. The normalized spacial score (nSPS) is 23.6. The van der Waals surface area contributed by atoms with Gasteiger partial charge in [0.2, 0.25) is 21.8 Å². The number of carbonyl (C=O) groups excluding carboxylic acids is 3. The number of hydrogen-bond donors (Lipinski definition) is 3. The third-order valence-corrected chi connectivity index (χ3v) is 11.7. The van der Waals surface area contributed by atoms with Crippen LogP contribution in [0, 0.1) is 18.3 Å². The van der Waals surface area contributed by atoms with Crippen molar-refractivity contribution in [3.8, 4) is 17.0 Å². The molecule has 0 bridgehead atoms. The Kier molecular flexibility index (Phi) is 9.02. The third-order valence-electron chi connectivity index (χ3n) is 8.73. The van der Waals surface area contributed by atoms with Gasteiger partial charge in [0, 0.05) is 28.4 Å². The van der Waals surface area contributed by atoms with Crippen LogP contribution in [0.3, 0.4) is 0 Å². The number of ether oxygens (including phenoxy) is 1. The van der Waals surface area contributed by atoms with Crippen LogP contribution in [0.5, 0.6) is 5.75 Å². The number of hydrogen-bond acceptors (Lipinski definition) is 9. The standard InChI is InChI=1S/C31H40ClN5O6S2/c1-7-18-15-31(18,28(40)36-45(41,42)19-10-11-19)35-26(38)23-9-8-12-37(23)27(39)25(30(3,4)5)34-29-33-22(16-44-29)20-14-21(32)17(2)13-24(20)43-6/h7,13-14,16,18-19,23,25H,1,8-12,15H2,2-6H3,(H,33,34)(H,35,38)(H,36,40)/t18-,23+,25-,31-/m1/s1. The fourth-order valence-corrected chi connectivity index (χ4v) is 8.02. The van der Waals surface area contributed by atoms with Crippen molar-refractivity contribution in [2.75, 3.05) is 19.0 Å². The van der Waals surface area contributed by atoms with E-state index in [0.29, 0.717) is 53.8 Å². The fourth-order valence-electron chi connectivity index (χ4n) is 5.75. The first kappa shape index (κ1) is 33.2. The lowest BCUT2D eigenvalue weighted by Gasteiger charge is -2.35. The lowest BCUT2D eigenvalue weighted by atomic mass is 9.85. The number of likely N-dealkylation sites (tertiary alicyclic amines) is 1. The summed E-state index contributed by atoms with van der Waals surface area (Å²) in [6.45, 7) is 11.8. The zero-order chi connectivity index (χ0) is 32.9. The molecular formula is C31H40ClN5O6S2. The maximum atomic E-state index is 14.1. The number of sulfonamides is 1. The summed E-state index contributed by atoms with van der Waals surface area (Å²) in [6.07, 6.45) is 3.82. The Bertz CT molecular complexity index is 1630. The number of amides is 3. The Balaban J connectivity index is 1.33. The van der Waals surface area contributed by atoms with Gasteiger partial charge in [-0.1, -0.05) is 38.4 Å². The first-order valence-corrected chi connectivity index (χ1v) is 17.8. The minimum absolute atomic E-state index is 0.241. The molecule has 0 spiro atoms. The second-order valence-corrected chi connectivity index (χ2v) is 16.4. The minimum Gasteiger partial charge on any atom is -0.496 e. The number of rotatable bonds is 11. The van der Waals surface area contributed by atoms with Crippen molar-refractivity contribution in [2.24, 2.45) is 11.3 Å². The second-order valence-electron chi connectivity index (χ2n) is 13.2. The topological polar surface area (TPSA) is 147 Å². The molecule has 2 aromatic rings. The lowest BCUT2D eigenvalue weighted by Crippen LogP contribution is -2.58. The number of benzene rings is 1. The molecule has 1 aliphatic heterocycles. The second kappa shape index (κ2) is 12.2. The molecule has 11 nitrogen and oxygen atoms in total. The van der Waals surface area contributed by atoms with Gasteiger partial charge < -0.3 is 20.3 Å². The minimum atomic E-state index is -3.80. The van der Waals surface area contributed by atoms with Crippen LogP contribution in [0.4, 0.5) is 5.13 Å². The highest BCUT2D eigenvalue weighted by Crippen LogP contribution is 2.45. The largest absolute Gasteiger partial charge is 0.496 e. The van der Waals surface area contributed by atoms with E-state index in [1.165, 1.54) is 11.3 Å². The van der Waals surface area contributed by atoms with E-state index in [1.54, 1.807) is 24.2 Å². The van der Waals surface area contributed by atoms with Crippen LogP contribution in [0.2, 0.25) is 5.02 Å². The average molecular weight is 678 g/mol. The van der Waals surface area contributed by atoms with Crippen molar-refractivity contribution in [1.82, 2.24) is 19.9 Å². The van der Waals surface area contributed by atoms with E-state index in [4.69, 9.17) is 21.3 Å². The number of thiazole rings is 1. The van der Waals surface area contributed by atoms with E-state index < -0.39 is 56.0 Å². The van der Waals surface area contributed by atoms with Crippen LogP contribution in [0.1, 0.15) is 58.4 Å². The molecule has 45 heavy (non-hydrogen) atoms. The molecule has 3 N–H and O–H groups in total. The van der Waals surface area contributed by atoms with Crippen LogP contribution in [0.25, 0.3) is 11.3 Å². The molecule has 3 aliphatic rings. The predicted molar refractivity (Wildman–Crippen MR) is 175 cm³/mol. The maximum Gasteiger partial charge on any atom is 0.259 e. The molecule has 1 aromatic carbocycles. The summed E-state index contributed by atoms with van der Waals surface area (Å²) in [5.41, 5.74) is 0.295. The molecular weight excluding hydrogens is 638 g/mol. The van der Waals surface area contributed by atoms with Crippen molar-refractivity contribution < 1.29 is 27.5 Å². The highest BCUT2D eigenvalue weighted by atomic mass is 35.5. The van der Waals surface area contributed by atoms with Gasteiger partial charge in [-0.3, -0.25) is 19.1 Å². The molecule has 4 atom stereocenters. The van der Waals surface area contributed by atoms with E-state index in [1.807, 2.05) is 39.1 Å². The number of anilines is 1. The van der Waals surface area contributed by atoms with Crippen LogP contribution in [0.15, 0.2) is 30.2 Å². The summed E-state index contributed by atoms with van der Waals surface area (Å²) in [6, 6.07) is 2.12. The first-order valence-electron chi connectivity index (χ1n) is 15.0. The van der Waals surface area contributed by atoms with Gasteiger partial charge in [0.05, 0.1) is 18.1 Å². The van der Waals surface area contributed by atoms with Crippen LogP contribution < -0.4 is 20.1 Å². The quantitative estimate of drug-likeness (QED) is 0.299. The summed E-state index contributed by atoms with van der Waals surface area (Å²) in [7, 11) is -2.22. The molecule has 2 heterocycles. The van der Waals surface area contributed by atoms with Gasteiger partial charge in [-0.2, -0.15) is 0 Å². The number of aromatic nitrogens is 1. The van der Waals surface area contributed by atoms with Gasteiger partial charge in [0.25, 0.3) is 5.91 Å².